The summed E-state index contributed by atoms with van der Waals surface area (Å²) in [7, 11) is 0. The minimum absolute atomic E-state index is 0.697. The third-order valence-electron chi connectivity index (χ3n) is 4.18. The molecule has 0 amide bonds. The maximum Gasteiger partial charge on any atom is 0.0991 e. The molecule has 0 bridgehead atoms. The van der Waals surface area contributed by atoms with Gasteiger partial charge in [-0.15, -0.1) is 0 Å². The molecule has 0 atom stereocenters. The molecule has 3 heteroatoms. The highest BCUT2D eigenvalue weighted by Crippen LogP contribution is 2.24. The normalized spacial score (nSPS) is 14.0. The topological polar surface area (TPSA) is 50.8 Å². The molecule has 3 rings (SSSR count). The first-order chi connectivity index (χ1) is 11.3. The molecule has 1 aliphatic heterocycles. The lowest BCUT2D eigenvalue weighted by molar-refractivity contribution is 0.689. The predicted octanol–water partition coefficient (Wildman–Crippen LogP) is 4.11. The highest BCUT2D eigenvalue weighted by Gasteiger charge is 2.14. The Balaban J connectivity index is 1.64. The van der Waals surface area contributed by atoms with Crippen LogP contribution >= 0.6 is 0 Å². The molecular formula is C20H17N3. The predicted molar refractivity (Wildman–Crippen MR) is 91.7 cm³/mol. The molecule has 1 heterocycles. The Labute approximate surface area is 136 Å². The molecule has 0 aromatic heterocycles. The molecule has 3 nitrogen and oxygen atoms in total. The second kappa shape index (κ2) is 6.81. The van der Waals surface area contributed by atoms with Gasteiger partial charge in [-0.1, -0.05) is 23.8 Å². The van der Waals surface area contributed by atoms with Gasteiger partial charge in [-0.2, -0.15) is 10.5 Å². The van der Waals surface area contributed by atoms with Crippen LogP contribution in [0.3, 0.4) is 0 Å². The molecule has 0 unspecified atom stereocenters. The van der Waals surface area contributed by atoms with Crippen molar-refractivity contribution < 1.29 is 0 Å². The molecule has 2 aromatic carbocycles. The van der Waals surface area contributed by atoms with Crippen molar-refractivity contribution in [2.24, 2.45) is 0 Å². The van der Waals surface area contributed by atoms with Gasteiger partial charge in [0, 0.05) is 18.8 Å². The Morgan fingerprint density at radius 2 is 1.30 bits per heavy atom. The van der Waals surface area contributed by atoms with Gasteiger partial charge in [0.05, 0.1) is 23.3 Å². The summed E-state index contributed by atoms with van der Waals surface area (Å²) in [5.41, 5.74) is 5.18. The van der Waals surface area contributed by atoms with Crippen LogP contribution in [0, 0.1) is 22.7 Å². The molecular weight excluding hydrogens is 282 g/mol. The lowest BCUT2D eigenvalue weighted by Crippen LogP contribution is -2.30. The van der Waals surface area contributed by atoms with E-state index in [1.165, 1.54) is 11.3 Å². The lowest BCUT2D eigenvalue weighted by Gasteiger charge is -2.30. The van der Waals surface area contributed by atoms with Crippen LogP contribution in [0.5, 0.6) is 0 Å². The maximum atomic E-state index is 8.86. The van der Waals surface area contributed by atoms with Crippen molar-refractivity contribution in [1.82, 2.24) is 0 Å². The van der Waals surface area contributed by atoms with Crippen LogP contribution in [-0.4, -0.2) is 13.1 Å². The van der Waals surface area contributed by atoms with Crippen molar-refractivity contribution in [3.05, 3.63) is 70.8 Å². The number of hydrogen-bond donors (Lipinski definition) is 0. The van der Waals surface area contributed by atoms with Gasteiger partial charge < -0.3 is 4.90 Å². The van der Waals surface area contributed by atoms with E-state index in [0.29, 0.717) is 11.1 Å². The van der Waals surface area contributed by atoms with E-state index < -0.39 is 0 Å². The number of rotatable bonds is 2. The summed E-state index contributed by atoms with van der Waals surface area (Å²) in [4.78, 5) is 2.36. The molecule has 0 N–H and O–H groups in total. The summed E-state index contributed by atoms with van der Waals surface area (Å²) in [6.07, 6.45) is 4.32. The van der Waals surface area contributed by atoms with Crippen molar-refractivity contribution >= 4 is 11.8 Å². The van der Waals surface area contributed by atoms with Gasteiger partial charge in [0.15, 0.2) is 0 Å². The summed E-state index contributed by atoms with van der Waals surface area (Å²) in [5.74, 6) is 0. The molecule has 23 heavy (non-hydrogen) atoms. The number of benzene rings is 2. The minimum Gasteiger partial charge on any atom is -0.371 e. The average molecular weight is 299 g/mol. The monoisotopic (exact) mass is 299 g/mol. The van der Waals surface area contributed by atoms with E-state index in [1.807, 2.05) is 48.5 Å². The summed E-state index contributed by atoms with van der Waals surface area (Å²) < 4.78 is 0. The van der Waals surface area contributed by atoms with E-state index in [-0.39, 0.29) is 0 Å². The number of nitrogens with zero attached hydrogens (tertiary/aromatic N) is 3. The maximum absolute atomic E-state index is 8.86. The van der Waals surface area contributed by atoms with Crippen LogP contribution in [0.2, 0.25) is 0 Å². The van der Waals surface area contributed by atoms with Gasteiger partial charge in [0.2, 0.25) is 0 Å². The molecule has 0 spiro atoms. The summed E-state index contributed by atoms with van der Waals surface area (Å²) in [6.45, 7) is 1.99. The zero-order valence-corrected chi connectivity index (χ0v) is 12.9. The SMILES string of the molecule is N#Cc1ccc(C=C2CCN(c3ccc(C#N)cc3)CC2)cc1. The first kappa shape index (κ1) is 14.9. The summed E-state index contributed by atoms with van der Waals surface area (Å²) in [6, 6.07) is 19.8. The van der Waals surface area contributed by atoms with E-state index in [1.54, 1.807) is 0 Å². The Morgan fingerprint density at radius 1 is 0.783 bits per heavy atom. The van der Waals surface area contributed by atoms with Gasteiger partial charge in [0.25, 0.3) is 0 Å². The molecule has 1 aliphatic rings. The third kappa shape index (κ3) is 3.59. The minimum atomic E-state index is 0.697. The van der Waals surface area contributed by atoms with Gasteiger partial charge in [-0.05, 0) is 54.8 Å². The van der Waals surface area contributed by atoms with Crippen LogP contribution < -0.4 is 4.90 Å². The van der Waals surface area contributed by atoms with Crippen molar-refractivity contribution in [1.29, 1.82) is 10.5 Å². The van der Waals surface area contributed by atoms with Gasteiger partial charge >= 0.3 is 0 Å². The number of piperidine rings is 1. The molecule has 1 saturated heterocycles. The molecule has 1 fully saturated rings. The van der Waals surface area contributed by atoms with Crippen LogP contribution in [0.25, 0.3) is 6.08 Å². The van der Waals surface area contributed by atoms with Gasteiger partial charge in [0.1, 0.15) is 0 Å². The Bertz CT molecular complexity index is 777. The molecule has 2 aromatic rings. The highest BCUT2D eigenvalue weighted by molar-refractivity contribution is 5.56. The fourth-order valence-electron chi connectivity index (χ4n) is 2.83. The average Bonchev–Trinajstić information content (AvgIpc) is 2.63. The fourth-order valence-corrected chi connectivity index (χ4v) is 2.83. The summed E-state index contributed by atoms with van der Waals surface area (Å²) in [5, 5.41) is 17.7. The van der Waals surface area contributed by atoms with Gasteiger partial charge in [-0.3, -0.25) is 0 Å². The molecule has 0 saturated carbocycles. The second-order valence-electron chi connectivity index (χ2n) is 5.68. The third-order valence-corrected chi connectivity index (χ3v) is 4.18. The smallest absolute Gasteiger partial charge is 0.0991 e. The van der Waals surface area contributed by atoms with E-state index >= 15 is 0 Å². The molecule has 0 radical (unpaired) electrons. The zero-order chi connectivity index (χ0) is 16.1. The van der Waals surface area contributed by atoms with Crippen molar-refractivity contribution in [3.8, 4) is 12.1 Å². The van der Waals surface area contributed by atoms with Crippen molar-refractivity contribution in [3.63, 3.8) is 0 Å². The number of nitriles is 2. The second-order valence-corrected chi connectivity index (χ2v) is 5.68. The Kier molecular flexibility index (Phi) is 4.41. The summed E-state index contributed by atoms with van der Waals surface area (Å²) >= 11 is 0. The quantitative estimate of drug-likeness (QED) is 0.838. The van der Waals surface area contributed by atoms with Gasteiger partial charge in [-0.25, -0.2) is 0 Å². The largest absolute Gasteiger partial charge is 0.371 e. The standard InChI is InChI=1S/C20H17N3/c21-14-18-3-1-16(2-4-18)13-17-9-11-23(12-10-17)20-7-5-19(15-22)6-8-20/h1-8,13H,9-12H2. The van der Waals surface area contributed by atoms with Crippen molar-refractivity contribution in [2.75, 3.05) is 18.0 Å². The van der Waals surface area contributed by atoms with Crippen molar-refractivity contribution in [2.45, 2.75) is 12.8 Å². The first-order valence-electron chi connectivity index (χ1n) is 7.73. The Hall–Kier alpha value is -3.04. The first-order valence-corrected chi connectivity index (χ1v) is 7.73. The molecule has 0 aliphatic carbocycles. The van der Waals surface area contributed by atoms with E-state index in [4.69, 9.17) is 10.5 Å². The van der Waals surface area contributed by atoms with E-state index in [9.17, 15) is 0 Å². The van der Waals surface area contributed by atoms with E-state index in [0.717, 1.165) is 31.5 Å². The number of anilines is 1. The van der Waals surface area contributed by atoms with Crippen LogP contribution in [0.4, 0.5) is 5.69 Å². The highest BCUT2D eigenvalue weighted by atomic mass is 15.1. The lowest BCUT2D eigenvalue weighted by atomic mass is 10.00. The molecule has 112 valence electrons. The van der Waals surface area contributed by atoms with E-state index in [2.05, 4.69) is 23.1 Å². The van der Waals surface area contributed by atoms with Crippen LogP contribution in [0.1, 0.15) is 29.5 Å². The zero-order valence-electron chi connectivity index (χ0n) is 12.9. The van der Waals surface area contributed by atoms with Crippen LogP contribution in [0.15, 0.2) is 54.1 Å². The van der Waals surface area contributed by atoms with Crippen LogP contribution in [-0.2, 0) is 0 Å². The Morgan fingerprint density at radius 3 is 1.83 bits per heavy atom. The fraction of sp³-hybridized carbons (Fsp3) is 0.200. The number of hydrogen-bond acceptors (Lipinski definition) is 3.